The third kappa shape index (κ3) is 5.44. The highest BCUT2D eigenvalue weighted by Crippen LogP contribution is 2.68. The van der Waals surface area contributed by atoms with Crippen LogP contribution in [-0.4, -0.2) is 85.4 Å². The number of carbonyl (C=O) groups excluding carboxylic acids is 3. The molecule has 3 unspecified atom stereocenters. The van der Waals surface area contributed by atoms with Crippen LogP contribution in [0, 0.1) is 11.8 Å². The Kier molecular flexibility index (Phi) is 9.77. The van der Waals surface area contributed by atoms with Crippen LogP contribution in [0.2, 0.25) is 0 Å². The number of alkyl halides is 1. The number of fused-ring (bicyclic) bond motifs is 1. The summed E-state index contributed by atoms with van der Waals surface area (Å²) in [4.78, 5) is 45.1. The fraction of sp³-hybridized carbons (Fsp3) is 0.741. The van der Waals surface area contributed by atoms with Gasteiger partial charge in [0, 0.05) is 35.3 Å². The molecule has 0 aromatic heterocycles. The first-order valence-electron chi connectivity index (χ1n) is 13.0. The summed E-state index contributed by atoms with van der Waals surface area (Å²) in [5, 5.41) is 9.22. The second kappa shape index (κ2) is 12.0. The number of allylic oxidation sites excluding steroid dienone is 1. The highest BCUT2D eigenvalue weighted by Gasteiger charge is 2.76. The van der Waals surface area contributed by atoms with Gasteiger partial charge in [-0.15, -0.1) is 24.9 Å². The average Bonchev–Trinajstić information content (AvgIpc) is 3.40. The number of unbranched alkanes of at least 4 members (excludes halogenated alkanes) is 3. The van der Waals surface area contributed by atoms with Gasteiger partial charge < -0.3 is 19.6 Å². The molecule has 36 heavy (non-hydrogen) atoms. The number of rotatable bonds is 13. The summed E-state index contributed by atoms with van der Waals surface area (Å²) in [6, 6.07) is -0.673. The van der Waals surface area contributed by atoms with Gasteiger partial charge in [0.25, 0.3) is 0 Å². The van der Waals surface area contributed by atoms with E-state index >= 15 is 0 Å². The van der Waals surface area contributed by atoms with E-state index < -0.39 is 28.2 Å². The van der Waals surface area contributed by atoms with Gasteiger partial charge in [0.15, 0.2) is 0 Å². The molecule has 0 aromatic rings. The van der Waals surface area contributed by atoms with Crippen molar-refractivity contribution in [1.82, 2.24) is 9.80 Å². The van der Waals surface area contributed by atoms with Crippen LogP contribution < -0.4 is 0 Å². The predicted octanol–water partition coefficient (Wildman–Crippen LogP) is 3.94. The van der Waals surface area contributed by atoms with E-state index in [4.69, 9.17) is 4.74 Å². The smallest absolute Gasteiger partial charge is 0.310 e. The monoisotopic (exact) mass is 584 g/mol. The maximum Gasteiger partial charge on any atom is 0.310 e. The number of aliphatic hydroxyl groups is 1. The molecule has 2 amide bonds. The molecule has 3 aliphatic heterocycles. The lowest BCUT2D eigenvalue weighted by molar-refractivity contribution is -0.154. The molecule has 1 spiro atoms. The third-order valence-electron chi connectivity index (χ3n) is 7.54. The molecule has 202 valence electrons. The van der Waals surface area contributed by atoms with Gasteiger partial charge in [-0.1, -0.05) is 28.1 Å². The second-order valence-corrected chi connectivity index (χ2v) is 13.7. The van der Waals surface area contributed by atoms with Crippen molar-refractivity contribution in [3.8, 4) is 0 Å². The number of nitrogens with zero attached hydrogens (tertiary/aromatic N) is 2. The Bertz CT molecular complexity index is 862. The second-order valence-electron chi connectivity index (χ2n) is 11.0. The topological polar surface area (TPSA) is 87.2 Å². The maximum atomic E-state index is 14.2. The Morgan fingerprint density at radius 3 is 2.58 bits per heavy atom. The Hall–Kier alpha value is -1.32. The highest BCUT2D eigenvalue weighted by atomic mass is 79.9. The number of aliphatic hydroxyl groups excluding tert-OH is 1. The zero-order chi connectivity index (χ0) is 26.7. The van der Waals surface area contributed by atoms with Crippen molar-refractivity contribution >= 4 is 45.5 Å². The summed E-state index contributed by atoms with van der Waals surface area (Å²) in [6.07, 6.45) is 7.86. The summed E-state index contributed by atoms with van der Waals surface area (Å²) in [5.41, 5.74) is -0.460. The molecular weight excluding hydrogens is 544 g/mol. The largest absolute Gasteiger partial charge is 0.465 e. The van der Waals surface area contributed by atoms with Crippen LogP contribution in [0.1, 0.15) is 59.3 Å². The number of hydrogen-bond donors (Lipinski definition) is 1. The molecule has 3 fully saturated rings. The molecule has 3 aliphatic rings. The standard InChI is InChI=1S/C27H41BrN2O5S/c1-6-8-9-12-16-35-25(34)19-20-23(32)29(14-10-11-15-31)22(27(20)17-18(28)21(19)36-27)24(33)30(13-7-2)26(3,4)5/h6-7,18-22,31H,1-2,8-17H2,3-5H3/t18?,19-,20+,21-,22?,27?/m1/s1. The van der Waals surface area contributed by atoms with E-state index in [1.807, 2.05) is 26.8 Å². The van der Waals surface area contributed by atoms with Crippen LogP contribution in [0.15, 0.2) is 25.3 Å². The van der Waals surface area contributed by atoms with E-state index in [0.717, 1.165) is 19.3 Å². The fourth-order valence-corrected chi connectivity index (χ4v) is 9.54. The normalized spacial score (nSPS) is 30.9. The lowest BCUT2D eigenvalue weighted by Crippen LogP contribution is -2.59. The molecule has 0 saturated carbocycles. The van der Waals surface area contributed by atoms with E-state index in [0.29, 0.717) is 39.0 Å². The van der Waals surface area contributed by atoms with Crippen LogP contribution in [-0.2, 0) is 19.1 Å². The Balaban J connectivity index is 1.95. The van der Waals surface area contributed by atoms with Gasteiger partial charge in [0.2, 0.25) is 11.8 Å². The fourth-order valence-electron chi connectivity index (χ4n) is 5.94. The van der Waals surface area contributed by atoms with Crippen molar-refractivity contribution in [2.45, 2.75) is 85.7 Å². The first-order chi connectivity index (χ1) is 17.0. The van der Waals surface area contributed by atoms with E-state index in [9.17, 15) is 19.5 Å². The first-order valence-corrected chi connectivity index (χ1v) is 14.8. The number of carbonyl (C=O) groups is 3. The minimum atomic E-state index is -0.691. The quantitative estimate of drug-likeness (QED) is 0.153. The van der Waals surface area contributed by atoms with Crippen LogP contribution in [0.3, 0.4) is 0 Å². The summed E-state index contributed by atoms with van der Waals surface area (Å²) in [5.74, 6) is -1.75. The van der Waals surface area contributed by atoms with Gasteiger partial charge in [0.1, 0.15) is 6.04 Å². The number of halogens is 1. The van der Waals surface area contributed by atoms with Crippen molar-refractivity contribution in [1.29, 1.82) is 0 Å². The summed E-state index contributed by atoms with van der Waals surface area (Å²) in [7, 11) is 0. The Morgan fingerprint density at radius 2 is 1.97 bits per heavy atom. The lowest BCUT2D eigenvalue weighted by atomic mass is 9.71. The number of hydrogen-bond acceptors (Lipinski definition) is 6. The number of thioether (sulfide) groups is 1. The van der Waals surface area contributed by atoms with Crippen molar-refractivity contribution in [2.75, 3.05) is 26.3 Å². The third-order valence-corrected chi connectivity index (χ3v) is 10.8. The van der Waals surface area contributed by atoms with Gasteiger partial charge >= 0.3 is 5.97 Å². The summed E-state index contributed by atoms with van der Waals surface area (Å²) >= 11 is 5.41. The van der Waals surface area contributed by atoms with Crippen molar-refractivity contribution in [3.63, 3.8) is 0 Å². The molecule has 6 atom stereocenters. The zero-order valence-electron chi connectivity index (χ0n) is 21.8. The summed E-state index contributed by atoms with van der Waals surface area (Å²) < 4.78 is 4.99. The molecule has 0 aromatic carbocycles. The number of esters is 1. The molecular formula is C27H41BrN2O5S. The maximum absolute atomic E-state index is 14.2. The minimum absolute atomic E-state index is 0.0139. The molecule has 0 aliphatic carbocycles. The predicted molar refractivity (Wildman–Crippen MR) is 147 cm³/mol. The lowest BCUT2D eigenvalue weighted by Gasteiger charge is -2.42. The van der Waals surface area contributed by atoms with Crippen molar-refractivity contribution < 1.29 is 24.2 Å². The van der Waals surface area contributed by atoms with Gasteiger partial charge in [-0.05, 0) is 59.3 Å². The minimum Gasteiger partial charge on any atom is -0.465 e. The molecule has 7 nitrogen and oxygen atoms in total. The Morgan fingerprint density at radius 1 is 1.25 bits per heavy atom. The average molecular weight is 586 g/mol. The zero-order valence-corrected chi connectivity index (χ0v) is 24.2. The van der Waals surface area contributed by atoms with Crippen molar-refractivity contribution in [3.05, 3.63) is 25.3 Å². The molecule has 3 heterocycles. The SMILES string of the molecule is C=CCCCCOC(=O)[C@H]1[C@@H]2SC3(CC2Br)C(C(=O)N(CC=C)C(C)(C)C)N(CCCCO)C(=O)[C@H]13. The van der Waals surface area contributed by atoms with Crippen molar-refractivity contribution in [2.24, 2.45) is 11.8 Å². The van der Waals surface area contributed by atoms with E-state index in [1.165, 1.54) is 0 Å². The Labute approximate surface area is 228 Å². The first kappa shape index (κ1) is 29.2. The summed E-state index contributed by atoms with van der Waals surface area (Å²) in [6.45, 7) is 14.6. The number of likely N-dealkylation sites (tertiary alicyclic amines) is 1. The van der Waals surface area contributed by atoms with Crippen LogP contribution in [0.4, 0.5) is 0 Å². The molecule has 9 heteroatoms. The van der Waals surface area contributed by atoms with E-state index in [1.54, 1.807) is 27.6 Å². The number of amides is 2. The van der Waals surface area contributed by atoms with Gasteiger partial charge in [0.05, 0.1) is 23.2 Å². The molecule has 0 radical (unpaired) electrons. The van der Waals surface area contributed by atoms with Gasteiger partial charge in [-0.25, -0.2) is 0 Å². The van der Waals surface area contributed by atoms with Crippen LogP contribution >= 0.6 is 27.7 Å². The number of ether oxygens (including phenoxy) is 1. The van der Waals surface area contributed by atoms with Crippen LogP contribution in [0.25, 0.3) is 0 Å². The van der Waals surface area contributed by atoms with Gasteiger partial charge in [-0.2, -0.15) is 0 Å². The van der Waals surface area contributed by atoms with E-state index in [2.05, 4.69) is 29.1 Å². The van der Waals surface area contributed by atoms with Gasteiger partial charge in [-0.3, -0.25) is 14.4 Å². The highest BCUT2D eigenvalue weighted by molar-refractivity contribution is 9.09. The van der Waals surface area contributed by atoms with E-state index in [-0.39, 0.29) is 34.5 Å². The molecule has 1 N–H and O–H groups in total. The van der Waals surface area contributed by atoms with Crippen LogP contribution in [0.5, 0.6) is 0 Å². The molecule has 3 rings (SSSR count). The molecule has 2 bridgehead atoms. The molecule has 3 saturated heterocycles.